The van der Waals surface area contributed by atoms with Crippen molar-refractivity contribution >= 4 is 17.7 Å². The molecular formula is C24H23N5O2. The summed E-state index contributed by atoms with van der Waals surface area (Å²) in [5.74, 6) is 0.173. The average molecular weight is 413 g/mol. The monoisotopic (exact) mass is 413 g/mol. The molecule has 7 heteroatoms. The minimum atomic E-state index is -0.229. The maximum Gasteiger partial charge on any atom is 0.248 e. The zero-order valence-electron chi connectivity index (χ0n) is 17.7. The second-order valence-electron chi connectivity index (χ2n) is 7.38. The largest absolute Gasteiger partial charge is 0.423 e. The van der Waals surface area contributed by atoms with Crippen molar-refractivity contribution in [2.75, 3.05) is 5.32 Å². The summed E-state index contributed by atoms with van der Waals surface area (Å²) in [7, 11) is 0. The lowest BCUT2D eigenvalue weighted by Gasteiger charge is -2.05. The Morgan fingerprint density at radius 2 is 1.94 bits per heavy atom. The molecule has 2 aromatic carbocycles. The van der Waals surface area contributed by atoms with Crippen molar-refractivity contribution in [1.82, 2.24) is 20.0 Å². The second-order valence-corrected chi connectivity index (χ2v) is 7.38. The van der Waals surface area contributed by atoms with Crippen molar-refractivity contribution in [1.29, 1.82) is 0 Å². The summed E-state index contributed by atoms with van der Waals surface area (Å²) < 4.78 is 7.17. The Labute approximate surface area is 180 Å². The highest BCUT2D eigenvalue weighted by Gasteiger charge is 2.10. The van der Waals surface area contributed by atoms with Gasteiger partial charge in [0.2, 0.25) is 18.2 Å². The molecule has 2 heterocycles. The SMILES string of the molecule is Cc1ccc(Cn2nc(C)c(/C=C/C(=O)Nc3cccc(-c4nnco4)c3)c2C)cc1. The van der Waals surface area contributed by atoms with Gasteiger partial charge >= 0.3 is 0 Å². The molecule has 0 aliphatic heterocycles. The fourth-order valence-corrected chi connectivity index (χ4v) is 3.34. The first-order valence-corrected chi connectivity index (χ1v) is 9.95. The summed E-state index contributed by atoms with van der Waals surface area (Å²) >= 11 is 0. The van der Waals surface area contributed by atoms with Gasteiger partial charge in [-0.1, -0.05) is 35.9 Å². The number of hydrogen-bond acceptors (Lipinski definition) is 5. The molecule has 4 aromatic rings. The van der Waals surface area contributed by atoms with Crippen molar-refractivity contribution in [3.05, 3.63) is 89.1 Å². The lowest BCUT2D eigenvalue weighted by atomic mass is 10.1. The number of carbonyl (C=O) groups is 1. The van der Waals surface area contributed by atoms with Crippen LogP contribution in [0.5, 0.6) is 0 Å². The van der Waals surface area contributed by atoms with Crippen molar-refractivity contribution in [3.63, 3.8) is 0 Å². The fourth-order valence-electron chi connectivity index (χ4n) is 3.34. The molecule has 0 aliphatic rings. The highest BCUT2D eigenvalue weighted by atomic mass is 16.4. The Balaban J connectivity index is 1.46. The zero-order chi connectivity index (χ0) is 21.8. The average Bonchev–Trinajstić information content (AvgIpc) is 3.38. The Kier molecular flexibility index (Phi) is 5.75. The molecule has 0 spiro atoms. The number of aryl methyl sites for hydroxylation is 2. The topological polar surface area (TPSA) is 85.8 Å². The third kappa shape index (κ3) is 4.78. The summed E-state index contributed by atoms with van der Waals surface area (Å²) in [6.07, 6.45) is 4.60. The molecule has 2 aromatic heterocycles. The van der Waals surface area contributed by atoms with Crippen molar-refractivity contribution in [3.8, 4) is 11.5 Å². The van der Waals surface area contributed by atoms with Gasteiger partial charge in [-0.15, -0.1) is 10.2 Å². The summed E-state index contributed by atoms with van der Waals surface area (Å²) in [5, 5.41) is 15.1. The number of hydrogen-bond donors (Lipinski definition) is 1. The number of rotatable bonds is 6. The van der Waals surface area contributed by atoms with E-state index in [-0.39, 0.29) is 5.91 Å². The second kappa shape index (κ2) is 8.79. The minimum Gasteiger partial charge on any atom is -0.423 e. The van der Waals surface area contributed by atoms with Crippen LogP contribution in [0.15, 0.2) is 65.4 Å². The number of amides is 1. The molecule has 0 fully saturated rings. The lowest BCUT2D eigenvalue weighted by molar-refractivity contribution is -0.111. The maximum atomic E-state index is 12.5. The van der Waals surface area contributed by atoms with Crippen LogP contribution in [0.25, 0.3) is 17.5 Å². The quantitative estimate of drug-likeness (QED) is 0.468. The van der Waals surface area contributed by atoms with E-state index in [9.17, 15) is 4.79 Å². The third-order valence-electron chi connectivity index (χ3n) is 5.03. The third-order valence-corrected chi connectivity index (χ3v) is 5.03. The van der Waals surface area contributed by atoms with Gasteiger partial charge in [0.25, 0.3) is 0 Å². The van der Waals surface area contributed by atoms with Gasteiger partial charge in [-0.3, -0.25) is 9.48 Å². The van der Waals surface area contributed by atoms with E-state index in [0.29, 0.717) is 18.1 Å². The Hall–Kier alpha value is -4.00. The van der Waals surface area contributed by atoms with Crippen LogP contribution in [0.4, 0.5) is 5.69 Å². The van der Waals surface area contributed by atoms with Gasteiger partial charge in [0, 0.05) is 28.6 Å². The van der Waals surface area contributed by atoms with Crippen LogP contribution in [0.1, 0.15) is 28.1 Å². The number of anilines is 1. The molecule has 0 aliphatic carbocycles. The highest BCUT2D eigenvalue weighted by Crippen LogP contribution is 2.21. The first-order chi connectivity index (χ1) is 15.0. The summed E-state index contributed by atoms with van der Waals surface area (Å²) in [4.78, 5) is 12.5. The van der Waals surface area contributed by atoms with E-state index in [0.717, 1.165) is 22.5 Å². The van der Waals surface area contributed by atoms with Crippen LogP contribution < -0.4 is 5.32 Å². The molecule has 7 nitrogen and oxygen atoms in total. The molecule has 0 radical (unpaired) electrons. The van der Waals surface area contributed by atoms with Crippen LogP contribution in [-0.4, -0.2) is 25.9 Å². The van der Waals surface area contributed by atoms with Gasteiger partial charge in [-0.25, -0.2) is 0 Å². The number of nitrogens with zero attached hydrogens (tertiary/aromatic N) is 4. The molecule has 0 atom stereocenters. The van der Waals surface area contributed by atoms with Crippen molar-refractivity contribution in [2.45, 2.75) is 27.3 Å². The van der Waals surface area contributed by atoms with Gasteiger partial charge in [-0.05, 0) is 50.6 Å². The molecule has 4 rings (SSSR count). The van der Waals surface area contributed by atoms with E-state index < -0.39 is 0 Å². The molecule has 0 saturated heterocycles. The molecule has 31 heavy (non-hydrogen) atoms. The lowest BCUT2D eigenvalue weighted by Crippen LogP contribution is -2.07. The van der Waals surface area contributed by atoms with Crippen LogP contribution in [0.3, 0.4) is 0 Å². The van der Waals surface area contributed by atoms with Gasteiger partial charge in [0.15, 0.2) is 0 Å². The molecule has 156 valence electrons. The summed E-state index contributed by atoms with van der Waals surface area (Å²) in [5.41, 5.74) is 6.65. The Bertz CT molecular complexity index is 1220. The maximum absolute atomic E-state index is 12.5. The van der Waals surface area contributed by atoms with Crippen LogP contribution in [0, 0.1) is 20.8 Å². The van der Waals surface area contributed by atoms with E-state index in [1.54, 1.807) is 12.1 Å². The van der Waals surface area contributed by atoms with E-state index in [1.165, 1.54) is 23.6 Å². The summed E-state index contributed by atoms with van der Waals surface area (Å²) in [6, 6.07) is 15.7. The van der Waals surface area contributed by atoms with Crippen molar-refractivity contribution in [2.24, 2.45) is 0 Å². The zero-order valence-corrected chi connectivity index (χ0v) is 17.7. The van der Waals surface area contributed by atoms with E-state index in [1.807, 2.05) is 36.7 Å². The Morgan fingerprint density at radius 1 is 1.13 bits per heavy atom. The number of aromatic nitrogens is 4. The van der Waals surface area contributed by atoms with Gasteiger partial charge in [0.05, 0.1) is 12.2 Å². The molecule has 0 saturated carbocycles. The predicted octanol–water partition coefficient (Wildman–Crippen LogP) is 4.56. The highest BCUT2D eigenvalue weighted by molar-refractivity contribution is 6.02. The van der Waals surface area contributed by atoms with Gasteiger partial charge < -0.3 is 9.73 Å². The van der Waals surface area contributed by atoms with E-state index >= 15 is 0 Å². The first-order valence-electron chi connectivity index (χ1n) is 9.95. The Morgan fingerprint density at radius 3 is 2.68 bits per heavy atom. The molecular weight excluding hydrogens is 390 g/mol. The van der Waals surface area contributed by atoms with E-state index in [4.69, 9.17) is 4.42 Å². The normalized spacial score (nSPS) is 11.2. The van der Waals surface area contributed by atoms with Gasteiger partial charge in [0.1, 0.15) is 0 Å². The smallest absolute Gasteiger partial charge is 0.248 e. The van der Waals surface area contributed by atoms with E-state index in [2.05, 4.69) is 51.8 Å². The summed E-state index contributed by atoms with van der Waals surface area (Å²) in [6.45, 7) is 6.72. The number of carbonyl (C=O) groups excluding carboxylic acids is 1. The molecule has 0 bridgehead atoms. The minimum absolute atomic E-state index is 0.229. The molecule has 1 amide bonds. The number of benzene rings is 2. The predicted molar refractivity (Wildman–Crippen MR) is 119 cm³/mol. The first kappa shape index (κ1) is 20.3. The van der Waals surface area contributed by atoms with Crippen molar-refractivity contribution < 1.29 is 9.21 Å². The fraction of sp³-hybridized carbons (Fsp3) is 0.167. The van der Waals surface area contributed by atoms with Crippen LogP contribution in [0.2, 0.25) is 0 Å². The van der Waals surface area contributed by atoms with Crippen LogP contribution in [-0.2, 0) is 11.3 Å². The van der Waals surface area contributed by atoms with Crippen LogP contribution >= 0.6 is 0 Å². The molecule has 0 unspecified atom stereocenters. The standard InChI is InChI=1S/C24H23N5O2/c1-16-7-9-19(10-8-16)14-29-18(3)22(17(2)28-29)11-12-23(30)26-21-6-4-5-20(13-21)24-27-25-15-31-24/h4-13,15H,14H2,1-3H3,(H,26,30)/b12-11+. The van der Waals surface area contributed by atoms with Gasteiger partial charge in [-0.2, -0.15) is 5.10 Å². The molecule has 1 N–H and O–H groups in total. The number of nitrogens with one attached hydrogen (secondary N) is 1.